The van der Waals surface area contributed by atoms with Gasteiger partial charge in [0, 0.05) is 34.1 Å². The zero-order chi connectivity index (χ0) is 32.1. The fraction of sp³-hybridized carbons (Fsp3) is 0.0870. The molecule has 0 bridgehead atoms. The molecule has 3 heteroatoms. The van der Waals surface area contributed by atoms with Gasteiger partial charge in [0.15, 0.2) is 0 Å². The lowest BCUT2D eigenvalue weighted by Crippen LogP contribution is -2.61. The van der Waals surface area contributed by atoms with Crippen molar-refractivity contribution in [1.29, 1.82) is 0 Å². The number of fused-ring (bicyclic) bond motifs is 6. The summed E-state index contributed by atoms with van der Waals surface area (Å²) in [5.74, 6) is 0. The van der Waals surface area contributed by atoms with Gasteiger partial charge in [0.2, 0.25) is 0 Å². The third-order valence-corrected chi connectivity index (χ3v) is 11.4. The van der Waals surface area contributed by atoms with Gasteiger partial charge in [-0.15, -0.1) is 0 Å². The van der Waals surface area contributed by atoms with Crippen LogP contribution in [0.15, 0.2) is 152 Å². The van der Waals surface area contributed by atoms with Crippen molar-refractivity contribution in [3.8, 4) is 22.3 Å². The van der Waals surface area contributed by atoms with Crippen LogP contribution in [0.1, 0.15) is 22.3 Å². The monoisotopic (exact) mass is 624 g/mol. The maximum atomic E-state index is 2.57. The standard InChI is InChI=1S/C46H33BN2/c1-3-8-30(9-4-1)32-18-22-38(23-19-32)48-42-25-21-35(31-10-5-2-6-11-31)27-40(42)47-41-28-36-16-17-37(36)29-45(41)49(44-13-7-12-43(48)46(44)47)39-24-20-33-14-15-34(33)26-39/h1-13,18-29H,14-17H2. The Morgan fingerprint density at radius 2 is 0.898 bits per heavy atom. The number of hydrogen-bond acceptors (Lipinski definition) is 2. The van der Waals surface area contributed by atoms with E-state index in [9.17, 15) is 0 Å². The Balaban J connectivity index is 1.17. The summed E-state index contributed by atoms with van der Waals surface area (Å²) in [7, 11) is 0. The summed E-state index contributed by atoms with van der Waals surface area (Å²) in [5.41, 5.74) is 22.7. The zero-order valence-electron chi connectivity index (χ0n) is 27.2. The second-order valence-electron chi connectivity index (χ2n) is 14.0. The average molecular weight is 625 g/mol. The van der Waals surface area contributed by atoms with Gasteiger partial charge in [0.25, 0.3) is 6.71 Å². The number of aryl methyl sites for hydroxylation is 4. The largest absolute Gasteiger partial charge is 0.311 e. The molecule has 0 fully saturated rings. The van der Waals surface area contributed by atoms with Gasteiger partial charge in [-0.2, -0.15) is 0 Å². The van der Waals surface area contributed by atoms with Crippen molar-refractivity contribution in [2.45, 2.75) is 25.7 Å². The molecule has 2 aliphatic heterocycles. The van der Waals surface area contributed by atoms with Crippen LogP contribution in [0, 0.1) is 0 Å². The molecule has 0 spiro atoms. The molecule has 0 aromatic heterocycles. The van der Waals surface area contributed by atoms with Crippen LogP contribution in [-0.2, 0) is 25.7 Å². The van der Waals surface area contributed by atoms with Gasteiger partial charge in [-0.1, -0.05) is 103 Å². The molecule has 0 radical (unpaired) electrons. The van der Waals surface area contributed by atoms with E-state index in [0.29, 0.717) is 0 Å². The molecule has 0 amide bonds. The molecule has 49 heavy (non-hydrogen) atoms. The maximum Gasteiger partial charge on any atom is 0.252 e. The van der Waals surface area contributed by atoms with Crippen LogP contribution in [0.25, 0.3) is 22.3 Å². The van der Waals surface area contributed by atoms with E-state index in [1.807, 2.05) is 0 Å². The van der Waals surface area contributed by atoms with Crippen LogP contribution < -0.4 is 26.2 Å². The molecular weight excluding hydrogens is 591 g/mol. The first-order valence-electron chi connectivity index (χ1n) is 17.6. The summed E-state index contributed by atoms with van der Waals surface area (Å²) in [5, 5.41) is 0. The van der Waals surface area contributed by atoms with Crippen molar-refractivity contribution in [2.24, 2.45) is 0 Å². The number of hydrogen-bond donors (Lipinski definition) is 0. The van der Waals surface area contributed by atoms with E-state index in [4.69, 9.17) is 0 Å². The number of rotatable bonds is 4. The lowest BCUT2D eigenvalue weighted by molar-refractivity contribution is 0.837. The highest BCUT2D eigenvalue weighted by Gasteiger charge is 2.44. The van der Waals surface area contributed by atoms with E-state index in [1.54, 1.807) is 0 Å². The van der Waals surface area contributed by atoms with E-state index in [0.717, 1.165) is 0 Å². The SMILES string of the molecule is c1ccc(-c2ccc(N3c4ccc(-c5ccccc5)cc4B4c5cc6c(cc5N(c5ccc7c(c5)CC7)c5cccc3c54)CC6)cc2)cc1. The summed E-state index contributed by atoms with van der Waals surface area (Å²) in [6.07, 6.45) is 4.70. The lowest BCUT2D eigenvalue weighted by Gasteiger charge is -2.45. The molecule has 2 nitrogen and oxygen atoms in total. The molecule has 2 aliphatic carbocycles. The van der Waals surface area contributed by atoms with Crippen LogP contribution in [0.5, 0.6) is 0 Å². The summed E-state index contributed by atoms with van der Waals surface area (Å²) in [6, 6.07) is 57.0. The Kier molecular flexibility index (Phi) is 5.74. The smallest absolute Gasteiger partial charge is 0.252 e. The van der Waals surface area contributed by atoms with Crippen LogP contribution in [-0.4, -0.2) is 6.71 Å². The Labute approximate surface area is 288 Å². The predicted octanol–water partition coefficient (Wildman–Crippen LogP) is 9.30. The van der Waals surface area contributed by atoms with Crippen LogP contribution in [0.3, 0.4) is 0 Å². The molecule has 11 rings (SSSR count). The Morgan fingerprint density at radius 3 is 1.57 bits per heavy atom. The molecule has 0 atom stereocenters. The molecular formula is C46H33BN2. The van der Waals surface area contributed by atoms with Crippen molar-refractivity contribution in [3.63, 3.8) is 0 Å². The van der Waals surface area contributed by atoms with Gasteiger partial charge in [-0.05, 0) is 135 Å². The van der Waals surface area contributed by atoms with Crippen LogP contribution in [0.2, 0.25) is 0 Å². The number of anilines is 6. The summed E-state index contributed by atoms with van der Waals surface area (Å²) < 4.78 is 0. The van der Waals surface area contributed by atoms with Crippen molar-refractivity contribution in [3.05, 3.63) is 174 Å². The molecule has 2 heterocycles. The minimum atomic E-state index is 0.133. The third kappa shape index (κ3) is 4.02. The van der Waals surface area contributed by atoms with Gasteiger partial charge in [0.1, 0.15) is 0 Å². The highest BCUT2D eigenvalue weighted by molar-refractivity contribution is 7.00. The van der Waals surface area contributed by atoms with Gasteiger partial charge in [0.05, 0.1) is 0 Å². The molecule has 7 aromatic rings. The summed E-state index contributed by atoms with van der Waals surface area (Å²) in [4.78, 5) is 5.08. The van der Waals surface area contributed by atoms with Crippen molar-refractivity contribution in [2.75, 3.05) is 9.80 Å². The summed E-state index contributed by atoms with van der Waals surface area (Å²) >= 11 is 0. The topological polar surface area (TPSA) is 6.48 Å². The molecule has 4 aliphatic rings. The second kappa shape index (κ2) is 10.4. The van der Waals surface area contributed by atoms with Gasteiger partial charge in [-0.3, -0.25) is 0 Å². The first-order chi connectivity index (χ1) is 24.3. The first kappa shape index (κ1) is 27.2. The van der Waals surface area contributed by atoms with E-state index in [1.165, 1.54) is 121 Å². The molecule has 0 saturated heterocycles. The third-order valence-electron chi connectivity index (χ3n) is 11.4. The maximum absolute atomic E-state index is 2.57. The minimum Gasteiger partial charge on any atom is -0.311 e. The van der Waals surface area contributed by atoms with Crippen molar-refractivity contribution in [1.82, 2.24) is 0 Å². The van der Waals surface area contributed by atoms with E-state index >= 15 is 0 Å². The molecule has 0 N–H and O–H groups in total. The highest BCUT2D eigenvalue weighted by Crippen LogP contribution is 2.46. The molecule has 7 aromatic carbocycles. The fourth-order valence-corrected chi connectivity index (χ4v) is 8.75. The fourth-order valence-electron chi connectivity index (χ4n) is 8.75. The van der Waals surface area contributed by atoms with Crippen LogP contribution in [0.4, 0.5) is 34.1 Å². The lowest BCUT2D eigenvalue weighted by atomic mass is 9.33. The van der Waals surface area contributed by atoms with E-state index in [2.05, 4.69) is 161 Å². The number of benzene rings is 7. The molecule has 0 unspecified atom stereocenters. The summed E-state index contributed by atoms with van der Waals surface area (Å²) in [6.45, 7) is 0.133. The molecule has 0 saturated carbocycles. The Hall–Kier alpha value is -5.80. The minimum absolute atomic E-state index is 0.133. The van der Waals surface area contributed by atoms with E-state index in [-0.39, 0.29) is 6.71 Å². The number of nitrogens with zero attached hydrogens (tertiary/aromatic N) is 2. The van der Waals surface area contributed by atoms with Gasteiger partial charge >= 0.3 is 0 Å². The van der Waals surface area contributed by atoms with Crippen molar-refractivity contribution >= 4 is 57.2 Å². The average Bonchev–Trinajstić information content (AvgIpc) is 3.14. The van der Waals surface area contributed by atoms with E-state index < -0.39 is 0 Å². The first-order valence-corrected chi connectivity index (χ1v) is 17.6. The van der Waals surface area contributed by atoms with Gasteiger partial charge in [-0.25, -0.2) is 0 Å². The van der Waals surface area contributed by atoms with Crippen LogP contribution >= 0.6 is 0 Å². The Bertz CT molecular complexity index is 2450. The molecule has 230 valence electrons. The highest BCUT2D eigenvalue weighted by atomic mass is 15.2. The normalized spacial score (nSPS) is 14.5. The predicted molar refractivity (Wildman–Crippen MR) is 206 cm³/mol. The Morgan fingerprint density at radius 1 is 0.347 bits per heavy atom. The zero-order valence-corrected chi connectivity index (χ0v) is 27.2. The van der Waals surface area contributed by atoms with Gasteiger partial charge < -0.3 is 9.80 Å². The van der Waals surface area contributed by atoms with Crippen molar-refractivity contribution < 1.29 is 0 Å². The second-order valence-corrected chi connectivity index (χ2v) is 14.0. The quantitative estimate of drug-likeness (QED) is 0.180.